The molecular formula is C10H11Br2ClN4. The van der Waals surface area contributed by atoms with Gasteiger partial charge >= 0.3 is 0 Å². The number of hydrogen-bond acceptors (Lipinski definition) is 3. The van der Waals surface area contributed by atoms with Gasteiger partial charge < -0.3 is 5.73 Å². The van der Waals surface area contributed by atoms with E-state index in [0.29, 0.717) is 11.6 Å². The first-order valence-electron chi connectivity index (χ1n) is 4.95. The molecular weight excluding hydrogens is 371 g/mol. The Bertz CT molecular complexity index is 574. The first-order chi connectivity index (χ1) is 7.78. The first-order valence-corrected chi connectivity index (χ1v) is 6.91. The van der Waals surface area contributed by atoms with Crippen molar-refractivity contribution in [3.63, 3.8) is 0 Å². The Kier molecular flexibility index (Phi) is 3.51. The van der Waals surface area contributed by atoms with Crippen LogP contribution < -0.4 is 5.73 Å². The molecule has 0 fully saturated rings. The number of nitrogens with two attached hydrogens (primary N) is 1. The fraction of sp³-hybridized carbons (Fsp3) is 0.400. The summed E-state index contributed by atoms with van der Waals surface area (Å²) in [5.41, 5.74) is 7.08. The van der Waals surface area contributed by atoms with Crippen molar-refractivity contribution in [2.45, 2.75) is 25.9 Å². The number of hydrogen-bond donors (Lipinski definition) is 1. The van der Waals surface area contributed by atoms with Crippen LogP contribution in [-0.2, 0) is 6.54 Å². The summed E-state index contributed by atoms with van der Waals surface area (Å²) in [5.74, 6) is 0. The Morgan fingerprint density at radius 1 is 1.35 bits per heavy atom. The van der Waals surface area contributed by atoms with Gasteiger partial charge in [0.15, 0.2) is 0 Å². The summed E-state index contributed by atoms with van der Waals surface area (Å²) in [6.45, 7) is 4.40. The maximum absolute atomic E-state index is 6.06. The molecule has 2 rings (SSSR count). The molecule has 0 radical (unpaired) electrons. The standard InChI is InChI=1S/C10H11Br2ClN4/c1-10(2,14)4-17-15-8-5(11)3-6(13)7(12)9(8)16-17/h3H,4,14H2,1-2H3. The Hall–Kier alpha value is -0.170. The van der Waals surface area contributed by atoms with Crippen LogP contribution >= 0.6 is 43.5 Å². The third-order valence-corrected chi connectivity index (χ3v) is 4.03. The largest absolute Gasteiger partial charge is 0.324 e. The van der Waals surface area contributed by atoms with Gasteiger partial charge in [0.05, 0.1) is 16.0 Å². The van der Waals surface area contributed by atoms with E-state index < -0.39 is 0 Å². The van der Waals surface area contributed by atoms with Gasteiger partial charge in [-0.05, 0) is 51.8 Å². The second kappa shape index (κ2) is 4.50. The molecule has 17 heavy (non-hydrogen) atoms. The molecule has 2 aromatic rings. The highest BCUT2D eigenvalue weighted by Crippen LogP contribution is 2.34. The van der Waals surface area contributed by atoms with Crippen LogP contribution in [0.5, 0.6) is 0 Å². The lowest BCUT2D eigenvalue weighted by Gasteiger charge is -2.16. The van der Waals surface area contributed by atoms with E-state index >= 15 is 0 Å². The van der Waals surface area contributed by atoms with Gasteiger partial charge in [0, 0.05) is 10.0 Å². The molecule has 1 aromatic carbocycles. The van der Waals surface area contributed by atoms with E-state index in [-0.39, 0.29) is 5.54 Å². The SMILES string of the molecule is CC(C)(N)Cn1nc2c(Br)cc(Cl)c(Br)c2n1. The summed E-state index contributed by atoms with van der Waals surface area (Å²) in [4.78, 5) is 1.59. The molecule has 0 saturated carbocycles. The van der Waals surface area contributed by atoms with E-state index in [2.05, 4.69) is 42.1 Å². The van der Waals surface area contributed by atoms with E-state index in [9.17, 15) is 0 Å². The van der Waals surface area contributed by atoms with Crippen molar-refractivity contribution >= 4 is 54.5 Å². The number of aromatic nitrogens is 3. The average Bonchev–Trinajstić information content (AvgIpc) is 2.56. The van der Waals surface area contributed by atoms with Crippen molar-refractivity contribution in [2.24, 2.45) is 5.73 Å². The molecule has 92 valence electrons. The summed E-state index contributed by atoms with van der Waals surface area (Å²) in [7, 11) is 0. The van der Waals surface area contributed by atoms with Crippen LogP contribution in [0, 0.1) is 0 Å². The fourth-order valence-electron chi connectivity index (χ4n) is 1.45. The van der Waals surface area contributed by atoms with Gasteiger partial charge in [-0.25, -0.2) is 0 Å². The highest BCUT2D eigenvalue weighted by molar-refractivity contribution is 9.11. The van der Waals surface area contributed by atoms with Gasteiger partial charge in [-0.1, -0.05) is 11.6 Å². The van der Waals surface area contributed by atoms with Crippen LogP contribution in [0.15, 0.2) is 15.0 Å². The number of benzene rings is 1. The Balaban J connectivity index is 2.58. The lowest BCUT2D eigenvalue weighted by Crippen LogP contribution is -2.37. The van der Waals surface area contributed by atoms with Crippen LogP contribution in [0.4, 0.5) is 0 Å². The number of halogens is 3. The number of fused-ring (bicyclic) bond motifs is 1. The van der Waals surface area contributed by atoms with Crippen molar-refractivity contribution in [3.05, 3.63) is 20.0 Å². The zero-order chi connectivity index (χ0) is 12.8. The fourth-order valence-corrected chi connectivity index (χ4v) is 2.66. The molecule has 7 heteroatoms. The van der Waals surface area contributed by atoms with Crippen molar-refractivity contribution < 1.29 is 0 Å². The molecule has 1 aromatic heterocycles. The smallest absolute Gasteiger partial charge is 0.130 e. The molecule has 0 bridgehead atoms. The molecule has 2 N–H and O–H groups in total. The summed E-state index contributed by atoms with van der Waals surface area (Å²) in [5, 5.41) is 9.37. The molecule has 1 heterocycles. The predicted octanol–water partition coefficient (Wildman–Crippen LogP) is 3.35. The first kappa shape index (κ1) is 13.3. The van der Waals surface area contributed by atoms with Crippen molar-refractivity contribution in [1.29, 1.82) is 0 Å². The molecule has 0 aliphatic rings. The second-order valence-corrected chi connectivity index (χ2v) is 6.62. The monoisotopic (exact) mass is 380 g/mol. The normalized spacial score (nSPS) is 12.4. The average molecular weight is 382 g/mol. The zero-order valence-electron chi connectivity index (χ0n) is 9.34. The second-order valence-electron chi connectivity index (χ2n) is 4.57. The summed E-state index contributed by atoms with van der Waals surface area (Å²) in [6, 6.07) is 1.79. The maximum atomic E-state index is 6.06. The minimum absolute atomic E-state index is 0.363. The predicted molar refractivity (Wildman–Crippen MR) is 76.2 cm³/mol. The zero-order valence-corrected chi connectivity index (χ0v) is 13.3. The molecule has 0 atom stereocenters. The summed E-state index contributed by atoms with van der Waals surface area (Å²) < 4.78 is 1.57. The minimum Gasteiger partial charge on any atom is -0.324 e. The topological polar surface area (TPSA) is 56.7 Å². The lowest BCUT2D eigenvalue weighted by atomic mass is 10.1. The van der Waals surface area contributed by atoms with Crippen molar-refractivity contribution in [1.82, 2.24) is 15.0 Å². The molecule has 0 spiro atoms. The number of nitrogens with zero attached hydrogens (tertiary/aromatic N) is 3. The van der Waals surface area contributed by atoms with Crippen molar-refractivity contribution in [3.8, 4) is 0 Å². The quantitative estimate of drug-likeness (QED) is 0.811. The van der Waals surface area contributed by atoms with E-state index in [1.54, 1.807) is 10.9 Å². The third-order valence-electron chi connectivity index (χ3n) is 2.10. The molecule has 0 amide bonds. The molecule has 0 aliphatic heterocycles. The van der Waals surface area contributed by atoms with Crippen LogP contribution in [0.25, 0.3) is 11.0 Å². The van der Waals surface area contributed by atoms with Gasteiger partial charge in [-0.2, -0.15) is 15.0 Å². The Morgan fingerprint density at radius 3 is 2.53 bits per heavy atom. The van der Waals surface area contributed by atoms with Crippen molar-refractivity contribution in [2.75, 3.05) is 0 Å². The molecule has 0 aliphatic carbocycles. The minimum atomic E-state index is -0.363. The molecule has 0 unspecified atom stereocenters. The van der Waals surface area contributed by atoms with E-state index in [1.807, 2.05) is 13.8 Å². The number of rotatable bonds is 2. The van der Waals surface area contributed by atoms with Gasteiger partial charge in [-0.3, -0.25) is 0 Å². The van der Waals surface area contributed by atoms with Crippen LogP contribution in [0.1, 0.15) is 13.8 Å². The molecule has 4 nitrogen and oxygen atoms in total. The van der Waals surface area contributed by atoms with E-state index in [4.69, 9.17) is 17.3 Å². The Morgan fingerprint density at radius 2 is 1.94 bits per heavy atom. The Labute approximate surface area is 121 Å². The van der Waals surface area contributed by atoms with Gasteiger partial charge in [0.2, 0.25) is 0 Å². The van der Waals surface area contributed by atoms with Gasteiger partial charge in [0.25, 0.3) is 0 Å². The lowest BCUT2D eigenvalue weighted by molar-refractivity contribution is 0.380. The van der Waals surface area contributed by atoms with E-state index in [0.717, 1.165) is 20.0 Å². The highest BCUT2D eigenvalue weighted by atomic mass is 79.9. The highest BCUT2D eigenvalue weighted by Gasteiger charge is 2.17. The maximum Gasteiger partial charge on any atom is 0.130 e. The van der Waals surface area contributed by atoms with Gasteiger partial charge in [0.1, 0.15) is 11.0 Å². The van der Waals surface area contributed by atoms with Gasteiger partial charge in [-0.15, -0.1) is 0 Å². The molecule has 0 saturated heterocycles. The van der Waals surface area contributed by atoms with Crippen LogP contribution in [-0.4, -0.2) is 20.5 Å². The van der Waals surface area contributed by atoms with Crippen LogP contribution in [0.2, 0.25) is 5.02 Å². The van der Waals surface area contributed by atoms with Crippen LogP contribution in [0.3, 0.4) is 0 Å². The van der Waals surface area contributed by atoms with E-state index in [1.165, 1.54) is 0 Å². The third kappa shape index (κ3) is 2.81. The summed E-state index contributed by atoms with van der Waals surface area (Å²) in [6.07, 6.45) is 0. The summed E-state index contributed by atoms with van der Waals surface area (Å²) >= 11 is 12.9.